The van der Waals surface area contributed by atoms with Gasteiger partial charge >= 0.3 is 5.97 Å². The van der Waals surface area contributed by atoms with Crippen molar-refractivity contribution in [1.82, 2.24) is 0 Å². The van der Waals surface area contributed by atoms with Gasteiger partial charge in [-0.05, 0) is 56.4 Å². The van der Waals surface area contributed by atoms with Gasteiger partial charge in [-0.15, -0.1) is 0 Å². The number of carboxylic acid groups (broad SMARTS) is 1. The Morgan fingerprint density at radius 3 is 2.74 bits per heavy atom. The van der Waals surface area contributed by atoms with Gasteiger partial charge in [0, 0.05) is 18.3 Å². The maximum absolute atomic E-state index is 12.1. The first-order chi connectivity index (χ1) is 13.0. The Kier molecular flexibility index (Phi) is 8.49. The zero-order chi connectivity index (χ0) is 19.7. The van der Waals surface area contributed by atoms with Gasteiger partial charge in [0.05, 0.1) is 6.10 Å². The van der Waals surface area contributed by atoms with E-state index in [1.165, 1.54) is 6.42 Å². The minimum atomic E-state index is -0.770. The number of hydrogen-bond acceptors (Lipinski definition) is 3. The summed E-state index contributed by atoms with van der Waals surface area (Å²) in [6, 6.07) is 0. The second kappa shape index (κ2) is 10.6. The van der Waals surface area contributed by atoms with Crippen LogP contribution in [0.5, 0.6) is 0 Å². The highest BCUT2D eigenvalue weighted by Gasteiger charge is 2.41. The minimum absolute atomic E-state index is 0.0672. The third kappa shape index (κ3) is 6.17. The summed E-state index contributed by atoms with van der Waals surface area (Å²) < 4.78 is 0. The molecule has 2 aliphatic carbocycles. The number of ketones is 1. The van der Waals surface area contributed by atoms with Crippen LogP contribution < -0.4 is 0 Å². The molecule has 3 atom stereocenters. The van der Waals surface area contributed by atoms with Crippen molar-refractivity contribution in [2.75, 3.05) is 0 Å². The number of rotatable bonds is 12. The number of aliphatic hydroxyl groups is 1. The molecule has 0 bridgehead atoms. The highest BCUT2D eigenvalue weighted by atomic mass is 16.4. The van der Waals surface area contributed by atoms with Crippen molar-refractivity contribution < 1.29 is 19.8 Å². The molecule has 0 heterocycles. The smallest absolute Gasteiger partial charge is 0.303 e. The molecule has 0 aromatic heterocycles. The molecule has 4 heteroatoms. The normalized spacial score (nSPS) is 25.3. The zero-order valence-corrected chi connectivity index (χ0v) is 16.5. The van der Waals surface area contributed by atoms with Crippen molar-refractivity contribution in [2.45, 2.75) is 77.2 Å². The van der Waals surface area contributed by atoms with E-state index >= 15 is 0 Å². The summed E-state index contributed by atoms with van der Waals surface area (Å²) in [7, 11) is 0. The summed E-state index contributed by atoms with van der Waals surface area (Å²) in [5.74, 6) is -0.588. The summed E-state index contributed by atoms with van der Waals surface area (Å²) in [5, 5.41) is 19.2. The van der Waals surface area contributed by atoms with Crippen LogP contribution in [-0.2, 0) is 9.59 Å². The summed E-state index contributed by atoms with van der Waals surface area (Å²) in [6.45, 7) is 2.18. The molecule has 0 amide bonds. The Morgan fingerprint density at radius 2 is 2.11 bits per heavy atom. The van der Waals surface area contributed by atoms with Crippen LogP contribution in [0.2, 0.25) is 0 Å². The lowest BCUT2D eigenvalue weighted by Gasteiger charge is -2.45. The topological polar surface area (TPSA) is 74.6 Å². The van der Waals surface area contributed by atoms with Crippen LogP contribution in [0.15, 0.2) is 36.5 Å². The van der Waals surface area contributed by atoms with E-state index in [9.17, 15) is 14.7 Å². The Labute approximate surface area is 163 Å². The summed E-state index contributed by atoms with van der Waals surface area (Å²) in [6.07, 6.45) is 20.0. The maximum atomic E-state index is 12.1. The number of carboxylic acids is 1. The quantitative estimate of drug-likeness (QED) is 0.379. The van der Waals surface area contributed by atoms with Crippen LogP contribution >= 0.6 is 0 Å². The van der Waals surface area contributed by atoms with Crippen molar-refractivity contribution >= 4 is 11.8 Å². The summed E-state index contributed by atoms with van der Waals surface area (Å²) >= 11 is 0. The molecule has 2 rings (SSSR count). The molecule has 4 nitrogen and oxygen atoms in total. The number of carbonyl (C=O) groups excluding carboxylic acids is 1. The third-order valence-corrected chi connectivity index (χ3v) is 6.15. The van der Waals surface area contributed by atoms with E-state index in [2.05, 4.69) is 19.1 Å². The first-order valence-corrected chi connectivity index (χ1v) is 10.4. The van der Waals surface area contributed by atoms with Gasteiger partial charge in [-0.25, -0.2) is 0 Å². The van der Waals surface area contributed by atoms with Crippen molar-refractivity contribution in [3.05, 3.63) is 36.5 Å². The largest absolute Gasteiger partial charge is 0.481 e. The highest BCUT2D eigenvalue weighted by molar-refractivity contribution is 5.95. The standard InChI is InChI=1S/C23H34O4/c1-2-15-23(16-8-17-23)21(25)11-7-9-18-13-14-20(24)19(18)10-5-3-4-6-12-22(26)27/h3,5,7,9,13-14,18-19,21,25H,2,4,6,8,10-12,15-17H2,1H3,(H,26,27)/b5-3-,9-7+/t18-,19+,21?/m0/s1. The molecule has 2 N–H and O–H groups in total. The van der Waals surface area contributed by atoms with E-state index in [4.69, 9.17) is 5.11 Å². The second-order valence-electron chi connectivity index (χ2n) is 8.08. The van der Waals surface area contributed by atoms with Gasteiger partial charge in [0.1, 0.15) is 0 Å². The number of aliphatic carboxylic acids is 1. The molecule has 1 fully saturated rings. The molecular weight excluding hydrogens is 340 g/mol. The number of carbonyl (C=O) groups is 2. The zero-order valence-electron chi connectivity index (χ0n) is 16.5. The molecule has 2 aliphatic rings. The summed E-state index contributed by atoms with van der Waals surface area (Å²) in [4.78, 5) is 22.6. The molecule has 0 aromatic rings. The second-order valence-corrected chi connectivity index (χ2v) is 8.08. The molecule has 0 radical (unpaired) electrons. The van der Waals surface area contributed by atoms with Gasteiger partial charge in [0.25, 0.3) is 0 Å². The lowest BCUT2D eigenvalue weighted by Crippen LogP contribution is -2.41. The number of allylic oxidation sites excluding steroid dienone is 5. The first kappa shape index (κ1) is 21.6. The van der Waals surface area contributed by atoms with E-state index in [1.807, 2.05) is 18.2 Å². The Balaban J connectivity index is 1.79. The van der Waals surface area contributed by atoms with E-state index in [0.717, 1.165) is 32.1 Å². The monoisotopic (exact) mass is 374 g/mol. The van der Waals surface area contributed by atoms with Crippen molar-refractivity contribution in [3.63, 3.8) is 0 Å². The molecule has 0 aliphatic heterocycles. The van der Waals surface area contributed by atoms with Crippen molar-refractivity contribution in [3.8, 4) is 0 Å². The highest BCUT2D eigenvalue weighted by Crippen LogP contribution is 2.48. The van der Waals surface area contributed by atoms with Gasteiger partial charge in [0.15, 0.2) is 5.78 Å². The molecule has 0 saturated heterocycles. The fraction of sp³-hybridized carbons (Fsp3) is 0.652. The predicted molar refractivity (Wildman–Crippen MR) is 107 cm³/mol. The fourth-order valence-corrected chi connectivity index (χ4v) is 4.35. The van der Waals surface area contributed by atoms with E-state index in [0.29, 0.717) is 19.3 Å². The van der Waals surface area contributed by atoms with Crippen LogP contribution in [0.3, 0.4) is 0 Å². The van der Waals surface area contributed by atoms with Crippen molar-refractivity contribution in [2.24, 2.45) is 17.3 Å². The van der Waals surface area contributed by atoms with E-state index < -0.39 is 5.97 Å². The molecule has 1 saturated carbocycles. The molecule has 0 aromatic carbocycles. The lowest BCUT2D eigenvalue weighted by molar-refractivity contribution is -0.137. The fourth-order valence-electron chi connectivity index (χ4n) is 4.35. The molecule has 0 spiro atoms. The molecule has 1 unspecified atom stereocenters. The maximum Gasteiger partial charge on any atom is 0.303 e. The number of aliphatic hydroxyl groups excluding tert-OH is 1. The number of unbranched alkanes of at least 4 members (excludes halogenated alkanes) is 1. The Bertz CT molecular complexity index is 583. The minimum Gasteiger partial charge on any atom is -0.481 e. The van der Waals surface area contributed by atoms with Gasteiger partial charge in [0.2, 0.25) is 0 Å². The first-order valence-electron chi connectivity index (χ1n) is 10.4. The SMILES string of the molecule is CCCC1(C(O)C/C=C/[C@H]2C=CC(=O)[C@@H]2C/C=C\CCCC(=O)O)CCC1. The van der Waals surface area contributed by atoms with E-state index in [1.54, 1.807) is 6.08 Å². The molecular formula is C23H34O4. The van der Waals surface area contributed by atoms with Gasteiger partial charge in [-0.3, -0.25) is 9.59 Å². The van der Waals surface area contributed by atoms with Crippen LogP contribution in [-0.4, -0.2) is 28.1 Å². The van der Waals surface area contributed by atoms with Crippen LogP contribution in [0.25, 0.3) is 0 Å². The summed E-state index contributed by atoms with van der Waals surface area (Å²) in [5.41, 5.74) is 0.124. The average Bonchev–Trinajstić information content (AvgIpc) is 2.94. The van der Waals surface area contributed by atoms with E-state index in [-0.39, 0.29) is 35.6 Å². The van der Waals surface area contributed by atoms with Gasteiger partial charge in [-0.1, -0.05) is 50.1 Å². The van der Waals surface area contributed by atoms with Crippen molar-refractivity contribution in [1.29, 1.82) is 0 Å². The van der Waals surface area contributed by atoms with Crippen LogP contribution in [0, 0.1) is 17.3 Å². The predicted octanol–water partition coefficient (Wildman–Crippen LogP) is 4.84. The number of hydrogen-bond donors (Lipinski definition) is 2. The Morgan fingerprint density at radius 1 is 1.33 bits per heavy atom. The lowest BCUT2D eigenvalue weighted by atomic mass is 9.62. The molecule has 150 valence electrons. The van der Waals surface area contributed by atoms with Crippen LogP contribution in [0.4, 0.5) is 0 Å². The molecule has 27 heavy (non-hydrogen) atoms. The third-order valence-electron chi connectivity index (χ3n) is 6.15. The van der Waals surface area contributed by atoms with Crippen LogP contribution in [0.1, 0.15) is 71.1 Å². The average molecular weight is 375 g/mol. The van der Waals surface area contributed by atoms with Gasteiger partial charge < -0.3 is 10.2 Å². The van der Waals surface area contributed by atoms with Gasteiger partial charge in [-0.2, -0.15) is 0 Å². The Hall–Kier alpha value is -1.68.